The van der Waals surface area contributed by atoms with Crippen LogP contribution in [0.15, 0.2) is 85.1 Å². The molecule has 0 rings (SSSR count). The van der Waals surface area contributed by atoms with E-state index < -0.39 is 32.5 Å². The minimum absolute atomic E-state index is 0.0126. The summed E-state index contributed by atoms with van der Waals surface area (Å²) in [6.45, 7) is 4.19. The first-order valence-electron chi connectivity index (χ1n) is 22.8. The Hall–Kier alpha value is -2.81. The number of rotatable bonds is 40. The van der Waals surface area contributed by atoms with Crippen molar-refractivity contribution in [1.29, 1.82) is 0 Å². The molecule has 338 valence electrons. The number of phosphoric acid groups is 1. The molecule has 0 amide bonds. The molecule has 0 aliphatic carbocycles. The maximum Gasteiger partial charge on any atom is 0.472 e. The fourth-order valence-electron chi connectivity index (χ4n) is 5.62. The second-order valence-corrected chi connectivity index (χ2v) is 17.5. The standard InChI is InChI=1S/C49H84NO8P/c1-6-8-10-12-14-16-18-20-22-24-25-26-28-30-32-34-36-38-40-42-49(52)58-47(46-57-59(53,54)56-44-43-50(3,4)5)45-55-48(51)41-39-37-35-33-31-29-27-23-21-19-17-15-13-11-9-7-2/h8,10,14,16,20,22-23,25-27,30,32,36,38,47H,6-7,9,11-13,15,17-19,21,24,28-29,31,33-35,37,39-46H2,1-5H3/p+1/b10-8-,16-14-,22-20-,26-25-,27-23-,32-30-,38-36-. The maximum atomic E-state index is 12.7. The number of carbonyl (C=O) groups is 2. The number of allylic oxidation sites excluding steroid dienone is 14. The van der Waals surface area contributed by atoms with Crippen molar-refractivity contribution in [3.8, 4) is 0 Å². The van der Waals surface area contributed by atoms with Crippen molar-refractivity contribution in [2.45, 2.75) is 168 Å². The van der Waals surface area contributed by atoms with Crippen LogP contribution in [0.5, 0.6) is 0 Å². The lowest BCUT2D eigenvalue weighted by Crippen LogP contribution is -2.37. The maximum absolute atomic E-state index is 12.7. The van der Waals surface area contributed by atoms with Crippen molar-refractivity contribution in [2.75, 3.05) is 47.5 Å². The van der Waals surface area contributed by atoms with E-state index in [0.29, 0.717) is 23.9 Å². The van der Waals surface area contributed by atoms with Gasteiger partial charge in [-0.1, -0.05) is 157 Å². The molecule has 0 fully saturated rings. The molecular formula is C49H85NO8P+. The van der Waals surface area contributed by atoms with Gasteiger partial charge < -0.3 is 18.9 Å². The van der Waals surface area contributed by atoms with Crippen LogP contribution in [0.1, 0.15) is 162 Å². The molecule has 0 spiro atoms. The Morgan fingerprint density at radius 1 is 0.542 bits per heavy atom. The fraction of sp³-hybridized carbons (Fsp3) is 0.673. The third-order valence-corrected chi connectivity index (χ3v) is 10.2. The summed E-state index contributed by atoms with van der Waals surface area (Å²) in [7, 11) is 1.41. The van der Waals surface area contributed by atoms with Crippen molar-refractivity contribution in [3.05, 3.63) is 85.1 Å². The molecule has 2 unspecified atom stereocenters. The van der Waals surface area contributed by atoms with Gasteiger partial charge in [0.2, 0.25) is 0 Å². The number of nitrogens with zero attached hydrogens (tertiary/aromatic N) is 1. The van der Waals surface area contributed by atoms with E-state index in [1.807, 2.05) is 33.3 Å². The summed E-state index contributed by atoms with van der Waals surface area (Å²) in [5.74, 6) is -0.913. The van der Waals surface area contributed by atoms with Crippen molar-refractivity contribution < 1.29 is 42.1 Å². The molecule has 59 heavy (non-hydrogen) atoms. The van der Waals surface area contributed by atoms with Crippen LogP contribution in [0, 0.1) is 0 Å². The Kier molecular flexibility index (Phi) is 38.7. The number of hydrogen-bond donors (Lipinski definition) is 1. The molecular weight excluding hydrogens is 762 g/mol. The van der Waals surface area contributed by atoms with E-state index in [9.17, 15) is 19.0 Å². The van der Waals surface area contributed by atoms with Crippen molar-refractivity contribution in [2.24, 2.45) is 0 Å². The summed E-state index contributed by atoms with van der Waals surface area (Å²) >= 11 is 0. The lowest BCUT2D eigenvalue weighted by molar-refractivity contribution is -0.870. The highest BCUT2D eigenvalue weighted by Gasteiger charge is 2.27. The van der Waals surface area contributed by atoms with E-state index in [1.54, 1.807) is 0 Å². The molecule has 0 aromatic carbocycles. The van der Waals surface area contributed by atoms with Gasteiger partial charge in [-0.25, -0.2) is 4.57 Å². The van der Waals surface area contributed by atoms with Gasteiger partial charge in [0.1, 0.15) is 19.8 Å². The van der Waals surface area contributed by atoms with Crippen molar-refractivity contribution >= 4 is 19.8 Å². The van der Waals surface area contributed by atoms with Gasteiger partial charge in [-0.2, -0.15) is 0 Å². The quantitative estimate of drug-likeness (QED) is 0.0214. The Morgan fingerprint density at radius 2 is 1.00 bits per heavy atom. The second-order valence-electron chi connectivity index (χ2n) is 16.0. The third-order valence-electron chi connectivity index (χ3n) is 9.17. The van der Waals surface area contributed by atoms with Gasteiger partial charge in [-0.15, -0.1) is 0 Å². The molecule has 1 N–H and O–H groups in total. The topological polar surface area (TPSA) is 108 Å². The van der Waals surface area contributed by atoms with E-state index in [2.05, 4.69) is 86.8 Å². The van der Waals surface area contributed by atoms with Gasteiger partial charge >= 0.3 is 19.8 Å². The van der Waals surface area contributed by atoms with E-state index in [-0.39, 0.29) is 26.1 Å². The van der Waals surface area contributed by atoms with Crippen LogP contribution in [0.4, 0.5) is 0 Å². The van der Waals surface area contributed by atoms with Crippen LogP contribution >= 0.6 is 7.82 Å². The molecule has 0 aromatic rings. The predicted octanol–water partition coefficient (Wildman–Crippen LogP) is 13.2. The zero-order chi connectivity index (χ0) is 43.6. The Balaban J connectivity index is 4.50. The number of unbranched alkanes of at least 4 members (excludes halogenated alkanes) is 12. The number of phosphoric ester groups is 1. The fourth-order valence-corrected chi connectivity index (χ4v) is 6.36. The second kappa shape index (κ2) is 40.6. The number of hydrogen-bond acceptors (Lipinski definition) is 7. The minimum Gasteiger partial charge on any atom is -0.462 e. The van der Waals surface area contributed by atoms with E-state index >= 15 is 0 Å². The normalized spacial score (nSPS) is 14.3. The minimum atomic E-state index is -4.40. The molecule has 0 saturated carbocycles. The molecule has 0 saturated heterocycles. The molecule has 9 nitrogen and oxygen atoms in total. The zero-order valence-corrected chi connectivity index (χ0v) is 38.8. The molecule has 0 bridgehead atoms. The monoisotopic (exact) mass is 847 g/mol. The Labute approximate surface area is 361 Å². The SMILES string of the molecule is CC/C=C\C/C=C\C/C=C\C/C=C\C/C=C\C/C=C\CCC(=O)OC(COC(=O)CCCCCCC/C=C\CCCCCCCCC)COP(=O)(O)OCC[N+](C)(C)C. The third kappa shape index (κ3) is 44.6. The van der Waals surface area contributed by atoms with E-state index in [4.69, 9.17) is 18.5 Å². The highest BCUT2D eigenvalue weighted by Crippen LogP contribution is 2.43. The van der Waals surface area contributed by atoms with Gasteiger partial charge in [0.05, 0.1) is 27.7 Å². The number of ether oxygens (including phenoxy) is 2. The van der Waals surface area contributed by atoms with Crippen LogP contribution < -0.4 is 0 Å². The Bertz CT molecular complexity index is 1280. The first kappa shape index (κ1) is 56.2. The molecule has 0 aliphatic heterocycles. The van der Waals surface area contributed by atoms with Crippen LogP contribution in [-0.2, 0) is 32.7 Å². The van der Waals surface area contributed by atoms with Crippen LogP contribution in [0.3, 0.4) is 0 Å². The van der Waals surface area contributed by atoms with Crippen molar-refractivity contribution in [1.82, 2.24) is 0 Å². The molecule has 0 heterocycles. The van der Waals surface area contributed by atoms with Gasteiger partial charge in [0.15, 0.2) is 6.10 Å². The lowest BCUT2D eigenvalue weighted by Gasteiger charge is -2.24. The predicted molar refractivity (Wildman–Crippen MR) is 247 cm³/mol. The number of esters is 2. The largest absolute Gasteiger partial charge is 0.472 e. The molecule has 0 aliphatic rings. The van der Waals surface area contributed by atoms with E-state index in [0.717, 1.165) is 70.6 Å². The highest BCUT2D eigenvalue weighted by atomic mass is 31.2. The van der Waals surface area contributed by atoms with Crippen molar-refractivity contribution in [3.63, 3.8) is 0 Å². The van der Waals surface area contributed by atoms with Crippen LogP contribution in [0.25, 0.3) is 0 Å². The summed E-state index contributed by atoms with van der Waals surface area (Å²) in [6.07, 6.45) is 52.2. The lowest BCUT2D eigenvalue weighted by atomic mass is 10.1. The summed E-state index contributed by atoms with van der Waals surface area (Å²) in [5, 5.41) is 0. The van der Waals surface area contributed by atoms with Crippen LogP contribution in [-0.4, -0.2) is 74.9 Å². The number of carbonyl (C=O) groups excluding carboxylic acids is 2. The first-order valence-corrected chi connectivity index (χ1v) is 24.3. The number of likely N-dealkylation sites (N-methyl/N-ethyl adjacent to an activating group) is 1. The molecule has 10 heteroatoms. The van der Waals surface area contributed by atoms with Gasteiger partial charge in [0.25, 0.3) is 0 Å². The van der Waals surface area contributed by atoms with Gasteiger partial charge in [-0.3, -0.25) is 18.6 Å². The smallest absolute Gasteiger partial charge is 0.462 e. The highest BCUT2D eigenvalue weighted by molar-refractivity contribution is 7.47. The number of quaternary nitrogens is 1. The van der Waals surface area contributed by atoms with Gasteiger partial charge in [-0.05, 0) is 77.0 Å². The summed E-state index contributed by atoms with van der Waals surface area (Å²) < 4.78 is 34.2. The molecule has 2 atom stereocenters. The summed E-state index contributed by atoms with van der Waals surface area (Å²) in [5.41, 5.74) is 0. The van der Waals surface area contributed by atoms with Crippen LogP contribution in [0.2, 0.25) is 0 Å². The molecule has 0 aromatic heterocycles. The summed E-state index contributed by atoms with van der Waals surface area (Å²) in [4.78, 5) is 35.4. The first-order chi connectivity index (χ1) is 28.5. The average molecular weight is 847 g/mol. The Morgan fingerprint density at radius 3 is 1.51 bits per heavy atom. The molecule has 0 radical (unpaired) electrons. The summed E-state index contributed by atoms with van der Waals surface area (Å²) in [6, 6.07) is 0. The van der Waals surface area contributed by atoms with E-state index in [1.165, 1.54) is 51.4 Å². The average Bonchev–Trinajstić information content (AvgIpc) is 3.19. The van der Waals surface area contributed by atoms with Gasteiger partial charge in [0, 0.05) is 12.8 Å². The zero-order valence-electron chi connectivity index (χ0n) is 38.0.